The van der Waals surface area contributed by atoms with E-state index in [2.05, 4.69) is 33.9 Å². The summed E-state index contributed by atoms with van der Waals surface area (Å²) >= 11 is 0. The van der Waals surface area contributed by atoms with Gasteiger partial charge in [-0.3, -0.25) is 4.90 Å². The number of ether oxygens (including phenoxy) is 2. The monoisotopic (exact) mass is 445 g/mol. The van der Waals surface area contributed by atoms with E-state index in [1.807, 2.05) is 6.07 Å². The van der Waals surface area contributed by atoms with Crippen molar-refractivity contribution in [3.8, 4) is 11.5 Å². The molecule has 0 spiro atoms. The number of aliphatic hydroxyl groups excluding tert-OH is 1. The highest BCUT2D eigenvalue weighted by molar-refractivity contribution is 5.43. The summed E-state index contributed by atoms with van der Waals surface area (Å²) in [5.41, 5.74) is 1.25. The van der Waals surface area contributed by atoms with E-state index in [1.165, 1.54) is 70.1 Å². The van der Waals surface area contributed by atoms with Crippen LogP contribution in [0.5, 0.6) is 11.5 Å². The number of nitrogens with zero attached hydrogens (tertiary/aromatic N) is 3. The maximum atomic E-state index is 10.5. The normalized spacial score (nSPS) is 22.2. The first kappa shape index (κ1) is 23.8. The van der Waals surface area contributed by atoms with E-state index in [-0.39, 0.29) is 6.61 Å². The number of benzene rings is 1. The average Bonchev–Trinajstić information content (AvgIpc) is 3.64. The minimum absolute atomic E-state index is 0.287. The molecule has 1 unspecified atom stereocenters. The molecule has 6 nitrogen and oxygen atoms in total. The summed E-state index contributed by atoms with van der Waals surface area (Å²) in [4.78, 5) is 7.46. The maximum Gasteiger partial charge on any atom is 0.161 e. The van der Waals surface area contributed by atoms with Gasteiger partial charge in [0, 0.05) is 51.9 Å². The zero-order valence-electron chi connectivity index (χ0n) is 20.2. The molecule has 0 bridgehead atoms. The number of piperazine rings is 1. The van der Waals surface area contributed by atoms with Gasteiger partial charge in [-0.05, 0) is 56.3 Å². The summed E-state index contributed by atoms with van der Waals surface area (Å²) in [5.74, 6) is 2.44. The second kappa shape index (κ2) is 11.7. The van der Waals surface area contributed by atoms with Crippen molar-refractivity contribution < 1.29 is 14.6 Å². The molecule has 0 aromatic heterocycles. The molecule has 180 valence electrons. The Hall–Kier alpha value is -1.34. The Kier molecular flexibility index (Phi) is 8.69. The molecule has 1 aliphatic heterocycles. The fourth-order valence-electron chi connectivity index (χ4n) is 5.23. The molecule has 1 aromatic carbocycles. The second-order valence-electron chi connectivity index (χ2n) is 10.2. The number of aliphatic hydroxyl groups is 1. The van der Waals surface area contributed by atoms with Gasteiger partial charge in [-0.25, -0.2) is 0 Å². The van der Waals surface area contributed by atoms with Crippen LogP contribution < -0.4 is 9.47 Å². The summed E-state index contributed by atoms with van der Waals surface area (Å²) in [7, 11) is 3.82. The van der Waals surface area contributed by atoms with E-state index >= 15 is 0 Å². The molecule has 2 saturated carbocycles. The summed E-state index contributed by atoms with van der Waals surface area (Å²) < 4.78 is 11.6. The van der Waals surface area contributed by atoms with Crippen molar-refractivity contribution in [2.75, 3.05) is 60.0 Å². The van der Waals surface area contributed by atoms with E-state index < -0.39 is 6.10 Å². The predicted molar refractivity (Wildman–Crippen MR) is 128 cm³/mol. The minimum atomic E-state index is -0.502. The molecule has 1 heterocycles. The fourth-order valence-corrected chi connectivity index (χ4v) is 5.23. The van der Waals surface area contributed by atoms with Crippen molar-refractivity contribution >= 4 is 0 Å². The third kappa shape index (κ3) is 7.08. The van der Waals surface area contributed by atoms with Gasteiger partial charge in [-0.1, -0.05) is 25.3 Å². The van der Waals surface area contributed by atoms with E-state index in [4.69, 9.17) is 9.47 Å². The standard InChI is InChI=1S/C26H43N3O3/c1-27(23-6-4-3-5-7-23)19-24(30)20-32-25-11-10-22(16-26(25)31-2)18-29-14-12-28(13-15-29)17-21-8-9-21/h10-11,16,21,23-24,30H,3-9,12-15,17-20H2,1-2H3. The summed E-state index contributed by atoms with van der Waals surface area (Å²) in [6.45, 7) is 7.82. The molecule has 2 aliphatic carbocycles. The van der Waals surface area contributed by atoms with Crippen molar-refractivity contribution in [1.29, 1.82) is 0 Å². The van der Waals surface area contributed by atoms with Gasteiger partial charge in [0.1, 0.15) is 12.7 Å². The Morgan fingerprint density at radius 3 is 2.41 bits per heavy atom. The smallest absolute Gasteiger partial charge is 0.161 e. The highest BCUT2D eigenvalue weighted by atomic mass is 16.5. The predicted octanol–water partition coefficient (Wildman–Crippen LogP) is 3.23. The van der Waals surface area contributed by atoms with Crippen LogP contribution in [0.4, 0.5) is 0 Å². The van der Waals surface area contributed by atoms with Crippen LogP contribution in [-0.2, 0) is 6.54 Å². The Morgan fingerprint density at radius 1 is 1.00 bits per heavy atom. The van der Waals surface area contributed by atoms with Crippen LogP contribution in [0.25, 0.3) is 0 Å². The van der Waals surface area contributed by atoms with E-state index in [9.17, 15) is 5.11 Å². The number of rotatable bonds is 11. The molecule has 1 aromatic rings. The van der Waals surface area contributed by atoms with Crippen molar-refractivity contribution in [3.05, 3.63) is 23.8 Å². The second-order valence-corrected chi connectivity index (χ2v) is 10.2. The molecule has 4 rings (SSSR count). The zero-order valence-corrected chi connectivity index (χ0v) is 20.2. The minimum Gasteiger partial charge on any atom is -0.493 e. The topological polar surface area (TPSA) is 48.4 Å². The molecule has 6 heteroatoms. The summed E-state index contributed by atoms with van der Waals surface area (Å²) in [6.07, 6.45) is 8.82. The van der Waals surface area contributed by atoms with E-state index in [1.54, 1.807) is 7.11 Å². The van der Waals surface area contributed by atoms with Gasteiger partial charge >= 0.3 is 0 Å². The molecule has 1 saturated heterocycles. The zero-order chi connectivity index (χ0) is 22.3. The first-order valence-electron chi connectivity index (χ1n) is 12.7. The molecule has 32 heavy (non-hydrogen) atoms. The highest BCUT2D eigenvalue weighted by Crippen LogP contribution is 2.31. The largest absolute Gasteiger partial charge is 0.493 e. The van der Waals surface area contributed by atoms with Crippen LogP contribution in [0, 0.1) is 5.92 Å². The van der Waals surface area contributed by atoms with Crippen molar-refractivity contribution in [1.82, 2.24) is 14.7 Å². The quantitative estimate of drug-likeness (QED) is 0.564. The fraction of sp³-hybridized carbons (Fsp3) is 0.769. The molecule has 1 atom stereocenters. The Morgan fingerprint density at radius 2 is 1.72 bits per heavy atom. The van der Waals surface area contributed by atoms with Crippen LogP contribution in [0.2, 0.25) is 0 Å². The van der Waals surface area contributed by atoms with Crippen LogP contribution in [0.3, 0.4) is 0 Å². The molecule has 0 radical (unpaired) electrons. The summed E-state index contributed by atoms with van der Waals surface area (Å²) in [5, 5.41) is 10.5. The van der Waals surface area contributed by atoms with Gasteiger partial charge in [0.25, 0.3) is 0 Å². The lowest BCUT2D eigenvalue weighted by atomic mass is 9.94. The molecule has 0 amide bonds. The van der Waals surface area contributed by atoms with Crippen molar-refractivity contribution in [2.45, 2.75) is 63.6 Å². The van der Waals surface area contributed by atoms with Gasteiger partial charge in [-0.15, -0.1) is 0 Å². The summed E-state index contributed by atoms with van der Waals surface area (Å²) in [6, 6.07) is 6.82. The van der Waals surface area contributed by atoms with Crippen LogP contribution in [0.15, 0.2) is 18.2 Å². The first-order valence-corrected chi connectivity index (χ1v) is 12.7. The van der Waals surface area contributed by atoms with E-state index in [0.29, 0.717) is 18.3 Å². The lowest BCUT2D eigenvalue weighted by Crippen LogP contribution is -2.46. The molecule has 1 N–H and O–H groups in total. The third-order valence-corrected chi connectivity index (χ3v) is 7.44. The molecular formula is C26H43N3O3. The highest BCUT2D eigenvalue weighted by Gasteiger charge is 2.26. The van der Waals surface area contributed by atoms with Crippen LogP contribution in [-0.4, -0.2) is 92.0 Å². The number of hydrogen-bond acceptors (Lipinski definition) is 6. The molecule has 3 aliphatic rings. The first-order chi connectivity index (χ1) is 15.6. The lowest BCUT2D eigenvalue weighted by molar-refractivity contribution is 0.0553. The average molecular weight is 446 g/mol. The van der Waals surface area contributed by atoms with E-state index in [0.717, 1.165) is 31.3 Å². The van der Waals surface area contributed by atoms with Crippen LogP contribution in [0.1, 0.15) is 50.5 Å². The number of likely N-dealkylation sites (N-methyl/N-ethyl adjacent to an activating group) is 1. The Bertz CT molecular complexity index is 698. The van der Waals surface area contributed by atoms with Gasteiger partial charge in [0.2, 0.25) is 0 Å². The van der Waals surface area contributed by atoms with Crippen molar-refractivity contribution in [3.63, 3.8) is 0 Å². The lowest BCUT2D eigenvalue weighted by Gasteiger charge is -2.34. The number of methoxy groups -OCH3 is 1. The molecule has 3 fully saturated rings. The van der Waals surface area contributed by atoms with Gasteiger partial charge in [-0.2, -0.15) is 0 Å². The van der Waals surface area contributed by atoms with Crippen molar-refractivity contribution in [2.24, 2.45) is 5.92 Å². The third-order valence-electron chi connectivity index (χ3n) is 7.44. The Labute approximate surface area is 194 Å². The van der Waals surface area contributed by atoms with Gasteiger partial charge < -0.3 is 24.4 Å². The molecular weight excluding hydrogens is 402 g/mol. The van der Waals surface area contributed by atoms with Gasteiger partial charge in [0.15, 0.2) is 11.5 Å². The maximum absolute atomic E-state index is 10.5. The Balaban J connectivity index is 1.22. The number of hydrogen-bond donors (Lipinski definition) is 1. The SMILES string of the molecule is COc1cc(CN2CCN(CC3CC3)CC2)ccc1OCC(O)CN(C)C1CCCCC1. The van der Waals surface area contributed by atoms with Crippen LogP contribution >= 0.6 is 0 Å². The van der Waals surface area contributed by atoms with Gasteiger partial charge in [0.05, 0.1) is 7.11 Å².